The molecule has 0 atom stereocenters. The van der Waals surface area contributed by atoms with E-state index in [1.807, 2.05) is 6.07 Å². The summed E-state index contributed by atoms with van der Waals surface area (Å²) < 4.78 is 4.93. The molecule has 3 aromatic rings. The number of hydrogen-bond donors (Lipinski definition) is 2. The van der Waals surface area contributed by atoms with E-state index in [9.17, 15) is 19.7 Å². The molecule has 8 heteroatoms. The molecule has 0 spiro atoms. The minimum absolute atomic E-state index is 0.0741. The Morgan fingerprint density at radius 1 is 0.828 bits per heavy atom. The molecular formula is C21H17N3O5. The van der Waals surface area contributed by atoms with Crippen LogP contribution in [0.1, 0.15) is 20.7 Å². The van der Waals surface area contributed by atoms with Gasteiger partial charge in [-0.05, 0) is 48.5 Å². The zero-order valence-electron chi connectivity index (χ0n) is 15.4. The summed E-state index contributed by atoms with van der Waals surface area (Å²) in [7, 11) is 1.32. The second-order valence-electron chi connectivity index (χ2n) is 6.00. The highest BCUT2D eigenvalue weighted by Crippen LogP contribution is 2.28. The smallest absolute Gasteiger partial charge is 0.311 e. The van der Waals surface area contributed by atoms with Crippen molar-refractivity contribution < 1.29 is 19.2 Å². The number of amides is 2. The summed E-state index contributed by atoms with van der Waals surface area (Å²) in [6, 6.07) is 19.3. The predicted molar refractivity (Wildman–Crippen MR) is 108 cm³/mol. The van der Waals surface area contributed by atoms with Crippen molar-refractivity contribution in [2.75, 3.05) is 17.7 Å². The number of methoxy groups -OCH3 is 1. The van der Waals surface area contributed by atoms with E-state index in [1.165, 1.54) is 19.2 Å². The highest BCUT2D eigenvalue weighted by Gasteiger charge is 2.18. The topological polar surface area (TPSA) is 111 Å². The van der Waals surface area contributed by atoms with Crippen LogP contribution >= 0.6 is 0 Å². The van der Waals surface area contributed by atoms with Gasteiger partial charge in [0.1, 0.15) is 0 Å². The van der Waals surface area contributed by atoms with Crippen molar-refractivity contribution in [2.24, 2.45) is 0 Å². The van der Waals surface area contributed by atoms with Crippen LogP contribution in [0.4, 0.5) is 17.1 Å². The molecule has 146 valence electrons. The first-order valence-corrected chi connectivity index (χ1v) is 8.58. The molecule has 0 saturated carbocycles. The molecule has 29 heavy (non-hydrogen) atoms. The Labute approximate surface area is 166 Å². The molecule has 3 aromatic carbocycles. The minimum atomic E-state index is -0.611. The number of hydrogen-bond acceptors (Lipinski definition) is 5. The third-order valence-electron chi connectivity index (χ3n) is 4.07. The number of nitrogens with zero attached hydrogens (tertiary/aromatic N) is 1. The van der Waals surface area contributed by atoms with Crippen LogP contribution in [0.25, 0.3) is 0 Å². The van der Waals surface area contributed by atoms with Gasteiger partial charge in [0.05, 0.1) is 12.0 Å². The summed E-state index contributed by atoms with van der Waals surface area (Å²) in [5.41, 5.74) is 1.41. The van der Waals surface area contributed by atoms with E-state index in [0.717, 1.165) is 6.07 Å². The van der Waals surface area contributed by atoms with E-state index in [0.29, 0.717) is 16.9 Å². The van der Waals surface area contributed by atoms with Gasteiger partial charge in [0.25, 0.3) is 11.8 Å². The summed E-state index contributed by atoms with van der Waals surface area (Å²) in [5, 5.41) is 16.5. The predicted octanol–water partition coefficient (Wildman–Crippen LogP) is 4.11. The molecule has 2 amide bonds. The number of nitro groups is 1. The summed E-state index contributed by atoms with van der Waals surface area (Å²) >= 11 is 0. The number of carbonyl (C=O) groups is 2. The maximum Gasteiger partial charge on any atom is 0.311 e. The highest BCUT2D eigenvalue weighted by molar-refractivity contribution is 6.06. The standard InChI is InChI=1S/C21H17N3O5/c1-29-19-12-7-15(13-18(19)24(27)28)21(26)23-17-10-8-16(9-11-17)22-20(25)14-5-3-2-4-6-14/h2-13H,1H3,(H,22,25)(H,23,26). The third-order valence-corrected chi connectivity index (χ3v) is 4.07. The van der Waals surface area contributed by atoms with E-state index in [4.69, 9.17) is 4.74 Å². The van der Waals surface area contributed by atoms with Gasteiger partial charge in [-0.15, -0.1) is 0 Å². The number of rotatable bonds is 6. The van der Waals surface area contributed by atoms with Crippen LogP contribution in [-0.4, -0.2) is 23.8 Å². The van der Waals surface area contributed by atoms with Gasteiger partial charge in [-0.25, -0.2) is 0 Å². The van der Waals surface area contributed by atoms with Gasteiger partial charge in [-0.2, -0.15) is 0 Å². The second-order valence-corrected chi connectivity index (χ2v) is 6.00. The Morgan fingerprint density at radius 2 is 1.38 bits per heavy atom. The van der Waals surface area contributed by atoms with Crippen molar-refractivity contribution in [2.45, 2.75) is 0 Å². The fraction of sp³-hybridized carbons (Fsp3) is 0.0476. The lowest BCUT2D eigenvalue weighted by Gasteiger charge is -2.09. The number of carbonyl (C=O) groups excluding carboxylic acids is 2. The van der Waals surface area contributed by atoms with Crippen molar-refractivity contribution >= 4 is 28.9 Å². The van der Waals surface area contributed by atoms with E-state index in [2.05, 4.69) is 10.6 Å². The maximum atomic E-state index is 12.4. The average molecular weight is 391 g/mol. The number of anilines is 2. The molecule has 0 aromatic heterocycles. The maximum absolute atomic E-state index is 12.4. The van der Waals surface area contributed by atoms with Crippen molar-refractivity contribution in [1.82, 2.24) is 0 Å². The molecule has 0 radical (unpaired) electrons. The van der Waals surface area contributed by atoms with Crippen molar-refractivity contribution in [3.63, 3.8) is 0 Å². The molecule has 0 aliphatic heterocycles. The molecule has 0 fully saturated rings. The molecule has 0 aliphatic carbocycles. The van der Waals surface area contributed by atoms with Gasteiger partial charge < -0.3 is 15.4 Å². The highest BCUT2D eigenvalue weighted by atomic mass is 16.6. The fourth-order valence-corrected chi connectivity index (χ4v) is 2.61. The lowest BCUT2D eigenvalue weighted by molar-refractivity contribution is -0.385. The Bertz CT molecular complexity index is 1050. The van der Waals surface area contributed by atoms with Crippen LogP contribution in [0, 0.1) is 10.1 Å². The van der Waals surface area contributed by atoms with E-state index in [1.54, 1.807) is 48.5 Å². The van der Waals surface area contributed by atoms with Crippen molar-refractivity contribution in [1.29, 1.82) is 0 Å². The van der Waals surface area contributed by atoms with Gasteiger partial charge in [0.15, 0.2) is 5.75 Å². The number of ether oxygens (including phenoxy) is 1. The molecule has 0 saturated heterocycles. The monoisotopic (exact) mass is 391 g/mol. The first kappa shape index (κ1) is 19.6. The number of nitrogens with one attached hydrogen (secondary N) is 2. The first-order valence-electron chi connectivity index (χ1n) is 8.58. The zero-order valence-corrected chi connectivity index (χ0v) is 15.4. The fourth-order valence-electron chi connectivity index (χ4n) is 2.61. The molecular weight excluding hydrogens is 374 g/mol. The van der Waals surface area contributed by atoms with Crippen LogP contribution in [0.3, 0.4) is 0 Å². The van der Waals surface area contributed by atoms with Crippen LogP contribution in [0.2, 0.25) is 0 Å². The lowest BCUT2D eigenvalue weighted by Crippen LogP contribution is -2.13. The Hall–Kier alpha value is -4.20. The number of benzene rings is 3. The van der Waals surface area contributed by atoms with Crippen LogP contribution in [0.5, 0.6) is 5.75 Å². The molecule has 0 aliphatic rings. The van der Waals surface area contributed by atoms with Crippen molar-refractivity contribution in [3.8, 4) is 5.75 Å². The summed E-state index contributed by atoms with van der Waals surface area (Å²) in [5.74, 6) is -0.671. The molecule has 0 bridgehead atoms. The van der Waals surface area contributed by atoms with E-state index < -0.39 is 10.8 Å². The molecule has 0 unspecified atom stereocenters. The normalized spacial score (nSPS) is 10.1. The van der Waals surface area contributed by atoms with Crippen molar-refractivity contribution in [3.05, 3.63) is 94.0 Å². The third kappa shape index (κ3) is 4.75. The van der Waals surface area contributed by atoms with Gasteiger partial charge in [0, 0.05) is 28.6 Å². The second kappa shape index (κ2) is 8.66. The summed E-state index contributed by atoms with van der Waals surface area (Å²) in [6.45, 7) is 0. The van der Waals surface area contributed by atoms with Crippen LogP contribution in [0.15, 0.2) is 72.8 Å². The molecule has 8 nitrogen and oxygen atoms in total. The SMILES string of the molecule is COc1ccc(C(=O)Nc2ccc(NC(=O)c3ccccc3)cc2)cc1[N+](=O)[O-]. The Morgan fingerprint density at radius 3 is 1.90 bits per heavy atom. The molecule has 0 heterocycles. The zero-order chi connectivity index (χ0) is 20.8. The van der Waals surface area contributed by atoms with Gasteiger partial charge in [-0.1, -0.05) is 18.2 Å². The van der Waals surface area contributed by atoms with E-state index >= 15 is 0 Å². The van der Waals surface area contributed by atoms with E-state index in [-0.39, 0.29) is 22.9 Å². The van der Waals surface area contributed by atoms with Gasteiger partial charge in [0.2, 0.25) is 0 Å². The van der Waals surface area contributed by atoms with Crippen LogP contribution in [-0.2, 0) is 0 Å². The summed E-state index contributed by atoms with van der Waals surface area (Å²) in [6.07, 6.45) is 0. The number of nitro benzene ring substituents is 1. The molecule has 3 rings (SSSR count). The quantitative estimate of drug-likeness (QED) is 0.485. The van der Waals surface area contributed by atoms with Gasteiger partial charge in [-0.3, -0.25) is 19.7 Å². The Kier molecular flexibility index (Phi) is 5.84. The average Bonchev–Trinajstić information content (AvgIpc) is 2.75. The first-order chi connectivity index (χ1) is 14.0. The lowest BCUT2D eigenvalue weighted by atomic mass is 10.1. The molecule has 2 N–H and O–H groups in total. The van der Waals surface area contributed by atoms with Gasteiger partial charge >= 0.3 is 5.69 Å². The minimum Gasteiger partial charge on any atom is -0.490 e. The Balaban J connectivity index is 1.68. The largest absolute Gasteiger partial charge is 0.490 e. The summed E-state index contributed by atoms with van der Waals surface area (Å²) in [4.78, 5) is 35.0. The van der Waals surface area contributed by atoms with Crippen LogP contribution < -0.4 is 15.4 Å².